The first-order chi connectivity index (χ1) is 8.76. The molecule has 0 aromatic carbocycles. The zero-order valence-corrected chi connectivity index (χ0v) is 12.9. The smallest absolute Gasteiger partial charge is 0.237 e. The van der Waals surface area contributed by atoms with Crippen LogP contribution < -0.4 is 10.6 Å². The van der Waals surface area contributed by atoms with Crippen LogP contribution in [0.4, 0.5) is 0 Å². The molecule has 0 aliphatic heterocycles. The maximum atomic E-state index is 12.1. The van der Waals surface area contributed by atoms with Crippen molar-refractivity contribution in [3.05, 3.63) is 12.2 Å². The molecule has 1 fully saturated rings. The minimum absolute atomic E-state index is 0.0954. The summed E-state index contributed by atoms with van der Waals surface area (Å²) in [6.45, 7) is 10.2. The standard InChI is InChI=1S/C16H28N2O/c1-10(14-9-12-6-7-13(14)8-12)17-11(2)15(19)18-16(3,4)5/h6-7,10-14,17H,8-9H2,1-5H3,(H,18,19). The Kier molecular flexibility index (Phi) is 4.05. The van der Waals surface area contributed by atoms with Crippen LogP contribution >= 0.6 is 0 Å². The predicted molar refractivity (Wildman–Crippen MR) is 78.8 cm³/mol. The van der Waals surface area contributed by atoms with Crippen molar-refractivity contribution in [2.24, 2.45) is 17.8 Å². The third-order valence-corrected chi connectivity index (χ3v) is 4.38. The molecule has 1 amide bonds. The van der Waals surface area contributed by atoms with Gasteiger partial charge in [-0.1, -0.05) is 12.2 Å². The van der Waals surface area contributed by atoms with Crippen LogP contribution in [-0.4, -0.2) is 23.5 Å². The molecule has 2 aliphatic rings. The van der Waals surface area contributed by atoms with Crippen LogP contribution in [0.2, 0.25) is 0 Å². The first-order valence-corrected chi connectivity index (χ1v) is 7.52. The molecule has 0 aromatic rings. The second kappa shape index (κ2) is 5.28. The van der Waals surface area contributed by atoms with Gasteiger partial charge < -0.3 is 10.6 Å². The van der Waals surface area contributed by atoms with Gasteiger partial charge in [0.1, 0.15) is 0 Å². The van der Waals surface area contributed by atoms with Crippen LogP contribution in [0.5, 0.6) is 0 Å². The fourth-order valence-corrected chi connectivity index (χ4v) is 3.47. The summed E-state index contributed by atoms with van der Waals surface area (Å²) in [7, 11) is 0. The molecule has 5 atom stereocenters. The van der Waals surface area contributed by atoms with Gasteiger partial charge >= 0.3 is 0 Å². The number of fused-ring (bicyclic) bond motifs is 2. The van der Waals surface area contributed by atoms with Crippen LogP contribution in [0.15, 0.2) is 12.2 Å². The van der Waals surface area contributed by atoms with Crippen LogP contribution in [0.3, 0.4) is 0 Å². The monoisotopic (exact) mass is 264 g/mol. The number of nitrogens with one attached hydrogen (secondary N) is 2. The van der Waals surface area contributed by atoms with Gasteiger partial charge in [-0.05, 0) is 65.2 Å². The minimum atomic E-state index is -0.161. The van der Waals surface area contributed by atoms with E-state index in [1.165, 1.54) is 12.8 Å². The largest absolute Gasteiger partial charge is 0.350 e. The molecule has 2 aliphatic carbocycles. The lowest BCUT2D eigenvalue weighted by atomic mass is 9.87. The van der Waals surface area contributed by atoms with Crippen molar-refractivity contribution in [3.63, 3.8) is 0 Å². The lowest BCUT2D eigenvalue weighted by molar-refractivity contribution is -0.124. The Bertz CT molecular complexity index is 369. The van der Waals surface area contributed by atoms with E-state index in [-0.39, 0.29) is 17.5 Å². The highest BCUT2D eigenvalue weighted by molar-refractivity contribution is 5.81. The van der Waals surface area contributed by atoms with E-state index in [9.17, 15) is 4.79 Å². The lowest BCUT2D eigenvalue weighted by Crippen LogP contribution is -2.52. The number of amides is 1. The van der Waals surface area contributed by atoms with Crippen molar-refractivity contribution in [1.29, 1.82) is 0 Å². The van der Waals surface area contributed by atoms with Crippen LogP contribution in [-0.2, 0) is 4.79 Å². The Morgan fingerprint density at radius 1 is 1.21 bits per heavy atom. The zero-order valence-electron chi connectivity index (χ0n) is 12.9. The maximum absolute atomic E-state index is 12.1. The highest BCUT2D eigenvalue weighted by Crippen LogP contribution is 2.44. The highest BCUT2D eigenvalue weighted by Gasteiger charge is 2.39. The third-order valence-electron chi connectivity index (χ3n) is 4.38. The van der Waals surface area contributed by atoms with Crippen LogP contribution in [0.25, 0.3) is 0 Å². The molecule has 2 rings (SSSR count). The molecule has 3 heteroatoms. The Labute approximate surface area is 117 Å². The number of hydrogen-bond donors (Lipinski definition) is 2. The van der Waals surface area contributed by atoms with Crippen LogP contribution in [0.1, 0.15) is 47.5 Å². The second-order valence-corrected chi connectivity index (χ2v) is 7.36. The van der Waals surface area contributed by atoms with Gasteiger partial charge in [-0.15, -0.1) is 0 Å². The molecule has 2 N–H and O–H groups in total. The van der Waals surface area contributed by atoms with Crippen LogP contribution in [0, 0.1) is 17.8 Å². The van der Waals surface area contributed by atoms with E-state index >= 15 is 0 Å². The van der Waals surface area contributed by atoms with Gasteiger partial charge in [-0.2, -0.15) is 0 Å². The van der Waals surface area contributed by atoms with Crippen molar-refractivity contribution in [1.82, 2.24) is 10.6 Å². The molecule has 0 heterocycles. The van der Waals surface area contributed by atoms with E-state index in [1.807, 2.05) is 27.7 Å². The first-order valence-electron chi connectivity index (χ1n) is 7.52. The zero-order chi connectivity index (χ0) is 14.2. The fourth-order valence-electron chi connectivity index (χ4n) is 3.47. The first kappa shape index (κ1) is 14.6. The van der Waals surface area contributed by atoms with Crippen molar-refractivity contribution in [2.45, 2.75) is 65.1 Å². The number of hydrogen-bond acceptors (Lipinski definition) is 2. The summed E-state index contributed by atoms with van der Waals surface area (Å²) in [5.74, 6) is 2.31. The lowest BCUT2D eigenvalue weighted by Gasteiger charge is -2.30. The summed E-state index contributed by atoms with van der Waals surface area (Å²) in [4.78, 5) is 12.1. The van der Waals surface area contributed by atoms with E-state index in [4.69, 9.17) is 0 Å². The second-order valence-electron chi connectivity index (χ2n) is 7.36. The van der Waals surface area contributed by atoms with Crippen molar-refractivity contribution < 1.29 is 4.79 Å². The molecule has 3 nitrogen and oxygen atoms in total. The third kappa shape index (κ3) is 3.59. The van der Waals surface area contributed by atoms with Crippen molar-refractivity contribution in [3.8, 4) is 0 Å². The van der Waals surface area contributed by atoms with Gasteiger partial charge in [-0.3, -0.25) is 4.79 Å². The molecule has 0 spiro atoms. The summed E-state index contributed by atoms with van der Waals surface area (Å²) >= 11 is 0. The summed E-state index contributed by atoms with van der Waals surface area (Å²) < 4.78 is 0. The predicted octanol–water partition coefficient (Wildman–Crippen LogP) is 2.48. The summed E-state index contributed by atoms with van der Waals surface area (Å²) in [5, 5.41) is 6.52. The summed E-state index contributed by atoms with van der Waals surface area (Å²) in [6.07, 6.45) is 7.34. The van der Waals surface area contributed by atoms with Gasteiger partial charge in [0.15, 0.2) is 0 Å². The Hall–Kier alpha value is -0.830. The number of rotatable bonds is 4. The Morgan fingerprint density at radius 2 is 1.89 bits per heavy atom. The SMILES string of the molecule is CC(NC(C)C1CC2C=CC1C2)C(=O)NC(C)(C)C. The average Bonchev–Trinajstić information content (AvgIpc) is 2.87. The quantitative estimate of drug-likeness (QED) is 0.766. The highest BCUT2D eigenvalue weighted by atomic mass is 16.2. The molecule has 0 radical (unpaired) electrons. The molecule has 1 saturated carbocycles. The van der Waals surface area contributed by atoms with Gasteiger partial charge in [0.2, 0.25) is 5.91 Å². The molecule has 0 aromatic heterocycles. The van der Waals surface area contributed by atoms with E-state index in [0.717, 1.165) is 11.8 Å². The van der Waals surface area contributed by atoms with Gasteiger partial charge in [0.25, 0.3) is 0 Å². The number of carbonyl (C=O) groups is 1. The fraction of sp³-hybridized carbons (Fsp3) is 0.812. The Morgan fingerprint density at radius 3 is 2.37 bits per heavy atom. The van der Waals surface area contributed by atoms with E-state index in [2.05, 4.69) is 29.7 Å². The number of carbonyl (C=O) groups excluding carboxylic acids is 1. The molecule has 2 bridgehead atoms. The minimum Gasteiger partial charge on any atom is -0.350 e. The molecule has 108 valence electrons. The van der Waals surface area contributed by atoms with Gasteiger partial charge in [0.05, 0.1) is 6.04 Å². The molecular weight excluding hydrogens is 236 g/mol. The average molecular weight is 264 g/mol. The van der Waals surface area contributed by atoms with Crippen molar-refractivity contribution in [2.75, 3.05) is 0 Å². The normalized spacial score (nSPS) is 32.4. The maximum Gasteiger partial charge on any atom is 0.237 e. The van der Waals surface area contributed by atoms with E-state index in [1.54, 1.807) is 0 Å². The molecular formula is C16H28N2O. The van der Waals surface area contributed by atoms with E-state index in [0.29, 0.717) is 12.0 Å². The topological polar surface area (TPSA) is 41.1 Å². The van der Waals surface area contributed by atoms with Gasteiger partial charge in [0, 0.05) is 11.6 Å². The number of allylic oxidation sites excluding steroid dienone is 2. The summed E-state index contributed by atoms with van der Waals surface area (Å²) in [5.41, 5.74) is -0.161. The molecule has 0 saturated heterocycles. The Balaban J connectivity index is 1.83. The van der Waals surface area contributed by atoms with Crippen molar-refractivity contribution >= 4 is 5.91 Å². The van der Waals surface area contributed by atoms with Gasteiger partial charge in [-0.25, -0.2) is 0 Å². The molecule has 5 unspecified atom stereocenters. The summed E-state index contributed by atoms with van der Waals surface area (Å²) in [6, 6.07) is 0.276. The molecule has 19 heavy (non-hydrogen) atoms. The van der Waals surface area contributed by atoms with E-state index < -0.39 is 0 Å².